The monoisotopic (exact) mass is 282 g/mol. The van der Waals surface area contributed by atoms with Crippen LogP contribution in [0, 0.1) is 5.41 Å². The number of hydrogen-bond acceptors (Lipinski definition) is 4. The zero-order valence-electron chi connectivity index (χ0n) is 10.5. The van der Waals surface area contributed by atoms with Crippen LogP contribution in [0.25, 0.3) is 5.57 Å². The Hall–Kier alpha value is -1.82. The van der Waals surface area contributed by atoms with E-state index in [0.717, 1.165) is 5.41 Å². The molecule has 1 aromatic rings. The SMILES string of the molecule is CC(C)(CC1=CS(=O)(=O)c2ccc(O)cc21)C(=O)O. The summed E-state index contributed by atoms with van der Waals surface area (Å²) in [6, 6.07) is 3.98. The number of aliphatic carboxylic acids is 1. The van der Waals surface area contributed by atoms with Crippen molar-refractivity contribution in [1.82, 2.24) is 0 Å². The fraction of sp³-hybridized carbons (Fsp3) is 0.308. The zero-order chi connectivity index (χ0) is 14.4. The molecular formula is C13H14O5S. The number of carboxylic acid groups (broad SMARTS) is 1. The van der Waals surface area contributed by atoms with E-state index in [2.05, 4.69) is 0 Å². The molecule has 1 aliphatic heterocycles. The lowest BCUT2D eigenvalue weighted by molar-refractivity contribution is -0.146. The molecule has 0 fully saturated rings. The van der Waals surface area contributed by atoms with Gasteiger partial charge in [0.05, 0.1) is 10.3 Å². The average Bonchev–Trinajstić information content (AvgIpc) is 2.49. The molecule has 0 aliphatic carbocycles. The summed E-state index contributed by atoms with van der Waals surface area (Å²) in [5.41, 5.74) is -0.276. The van der Waals surface area contributed by atoms with Gasteiger partial charge < -0.3 is 10.2 Å². The van der Waals surface area contributed by atoms with Gasteiger partial charge in [-0.05, 0) is 44.0 Å². The van der Waals surface area contributed by atoms with Crippen molar-refractivity contribution in [2.24, 2.45) is 5.41 Å². The summed E-state index contributed by atoms with van der Waals surface area (Å²) in [7, 11) is -3.54. The Kier molecular flexibility index (Phi) is 2.93. The molecule has 1 aliphatic rings. The van der Waals surface area contributed by atoms with Crippen molar-refractivity contribution in [3.8, 4) is 5.75 Å². The Balaban J connectivity index is 2.51. The van der Waals surface area contributed by atoms with Crippen molar-refractivity contribution < 1.29 is 23.4 Å². The van der Waals surface area contributed by atoms with Gasteiger partial charge in [-0.3, -0.25) is 4.79 Å². The Bertz CT molecular complexity index is 683. The molecule has 0 saturated heterocycles. The van der Waals surface area contributed by atoms with Gasteiger partial charge in [0.15, 0.2) is 0 Å². The quantitative estimate of drug-likeness (QED) is 0.885. The molecule has 5 nitrogen and oxygen atoms in total. The highest BCUT2D eigenvalue weighted by Gasteiger charge is 2.34. The Morgan fingerprint density at radius 1 is 1.32 bits per heavy atom. The van der Waals surface area contributed by atoms with Crippen LogP contribution in [0.2, 0.25) is 0 Å². The predicted molar refractivity (Wildman–Crippen MR) is 69.3 cm³/mol. The second kappa shape index (κ2) is 4.09. The molecule has 0 atom stereocenters. The maximum Gasteiger partial charge on any atom is 0.309 e. The molecule has 1 heterocycles. The fourth-order valence-electron chi connectivity index (χ4n) is 2.02. The lowest BCUT2D eigenvalue weighted by Crippen LogP contribution is -2.23. The van der Waals surface area contributed by atoms with Crippen LogP contribution in [0.3, 0.4) is 0 Å². The third-order valence-corrected chi connectivity index (χ3v) is 4.69. The van der Waals surface area contributed by atoms with Crippen molar-refractivity contribution in [1.29, 1.82) is 0 Å². The van der Waals surface area contributed by atoms with E-state index in [1.807, 2.05) is 0 Å². The van der Waals surface area contributed by atoms with Gasteiger partial charge >= 0.3 is 5.97 Å². The molecule has 2 N–H and O–H groups in total. The lowest BCUT2D eigenvalue weighted by Gasteiger charge is -2.19. The number of allylic oxidation sites excluding steroid dienone is 1. The van der Waals surface area contributed by atoms with E-state index in [1.54, 1.807) is 0 Å². The van der Waals surface area contributed by atoms with Crippen LogP contribution in [0.1, 0.15) is 25.8 Å². The van der Waals surface area contributed by atoms with Gasteiger partial charge in [0.25, 0.3) is 0 Å². The van der Waals surface area contributed by atoms with Crippen LogP contribution < -0.4 is 0 Å². The average molecular weight is 282 g/mol. The maximum absolute atomic E-state index is 11.9. The van der Waals surface area contributed by atoms with Gasteiger partial charge in [0.2, 0.25) is 9.84 Å². The molecule has 1 aromatic carbocycles. The largest absolute Gasteiger partial charge is 0.508 e. The first-order valence-electron chi connectivity index (χ1n) is 5.66. The number of sulfone groups is 1. The summed E-state index contributed by atoms with van der Waals surface area (Å²) in [4.78, 5) is 11.2. The van der Waals surface area contributed by atoms with E-state index < -0.39 is 21.2 Å². The number of hydrogen-bond donors (Lipinski definition) is 2. The summed E-state index contributed by atoms with van der Waals surface area (Å²) in [5, 5.41) is 19.6. The highest BCUT2D eigenvalue weighted by Crippen LogP contribution is 2.41. The molecule has 0 bridgehead atoms. The van der Waals surface area contributed by atoms with Gasteiger partial charge in [0.1, 0.15) is 5.75 Å². The molecule has 0 amide bonds. The van der Waals surface area contributed by atoms with Gasteiger partial charge in [-0.2, -0.15) is 0 Å². The van der Waals surface area contributed by atoms with Crippen LogP contribution in [0.15, 0.2) is 28.5 Å². The normalized spacial score (nSPS) is 16.8. The summed E-state index contributed by atoms with van der Waals surface area (Å²) in [6.45, 7) is 3.06. The minimum atomic E-state index is -3.54. The summed E-state index contributed by atoms with van der Waals surface area (Å²) in [6.07, 6.45) is 0.0814. The van der Waals surface area contributed by atoms with Gasteiger partial charge in [0, 0.05) is 11.0 Å². The van der Waals surface area contributed by atoms with E-state index in [1.165, 1.54) is 32.0 Å². The van der Waals surface area contributed by atoms with E-state index in [-0.39, 0.29) is 17.1 Å². The zero-order valence-corrected chi connectivity index (χ0v) is 11.4. The molecule has 0 aromatic heterocycles. The Labute approximate surface area is 111 Å². The van der Waals surface area contributed by atoms with Crippen LogP contribution in [-0.2, 0) is 14.6 Å². The third-order valence-electron chi connectivity index (χ3n) is 3.12. The molecule has 0 radical (unpaired) electrons. The van der Waals surface area contributed by atoms with Gasteiger partial charge in [-0.25, -0.2) is 8.42 Å². The smallest absolute Gasteiger partial charge is 0.309 e. The Morgan fingerprint density at radius 2 is 1.95 bits per heavy atom. The van der Waals surface area contributed by atoms with Crippen LogP contribution >= 0.6 is 0 Å². The topological polar surface area (TPSA) is 91.7 Å². The number of phenols is 1. The van der Waals surface area contributed by atoms with Crippen LogP contribution in [0.4, 0.5) is 0 Å². The van der Waals surface area contributed by atoms with Crippen molar-refractivity contribution >= 4 is 21.4 Å². The number of carbonyl (C=O) groups is 1. The number of phenolic OH excluding ortho intramolecular Hbond substituents is 1. The third kappa shape index (κ3) is 2.35. The second-order valence-corrected chi connectivity index (χ2v) is 7.00. The van der Waals surface area contributed by atoms with E-state index in [0.29, 0.717) is 11.1 Å². The van der Waals surface area contributed by atoms with Crippen molar-refractivity contribution in [3.63, 3.8) is 0 Å². The summed E-state index contributed by atoms with van der Waals surface area (Å²) >= 11 is 0. The molecular weight excluding hydrogens is 268 g/mol. The number of fused-ring (bicyclic) bond motifs is 1. The van der Waals surface area contributed by atoms with Crippen molar-refractivity contribution in [3.05, 3.63) is 29.2 Å². The first kappa shape index (κ1) is 13.6. The van der Waals surface area contributed by atoms with E-state index in [4.69, 9.17) is 5.11 Å². The van der Waals surface area contributed by atoms with Crippen LogP contribution in [0.5, 0.6) is 5.75 Å². The first-order valence-corrected chi connectivity index (χ1v) is 7.20. The molecule has 0 saturated carbocycles. The minimum absolute atomic E-state index is 0.0464. The molecule has 19 heavy (non-hydrogen) atoms. The lowest BCUT2D eigenvalue weighted by atomic mass is 9.84. The summed E-state index contributed by atoms with van der Waals surface area (Å²) in [5.74, 6) is -1.05. The van der Waals surface area contributed by atoms with Gasteiger partial charge in [-0.1, -0.05) is 0 Å². The standard InChI is InChI=1S/C13H14O5S/c1-13(2,12(15)16)6-8-7-19(17,18)11-4-3-9(14)5-10(8)11/h3-5,7,14H,6H2,1-2H3,(H,15,16). The maximum atomic E-state index is 11.9. The summed E-state index contributed by atoms with van der Waals surface area (Å²) < 4.78 is 23.8. The van der Waals surface area contributed by atoms with E-state index >= 15 is 0 Å². The molecule has 102 valence electrons. The highest BCUT2D eigenvalue weighted by molar-refractivity contribution is 7.95. The highest BCUT2D eigenvalue weighted by atomic mass is 32.2. The molecule has 0 unspecified atom stereocenters. The number of aromatic hydroxyl groups is 1. The molecule has 6 heteroatoms. The molecule has 2 rings (SSSR count). The number of carboxylic acids is 1. The van der Waals surface area contributed by atoms with E-state index in [9.17, 15) is 18.3 Å². The Morgan fingerprint density at radius 3 is 2.53 bits per heavy atom. The van der Waals surface area contributed by atoms with Crippen molar-refractivity contribution in [2.75, 3.05) is 0 Å². The number of benzene rings is 1. The fourth-order valence-corrected chi connectivity index (χ4v) is 3.49. The minimum Gasteiger partial charge on any atom is -0.508 e. The second-order valence-electron chi connectivity index (χ2n) is 5.23. The van der Waals surface area contributed by atoms with Crippen molar-refractivity contribution in [2.45, 2.75) is 25.2 Å². The number of rotatable bonds is 3. The first-order chi connectivity index (χ1) is 8.63. The predicted octanol–water partition coefficient (Wildman–Crippen LogP) is 2.02. The van der Waals surface area contributed by atoms with Gasteiger partial charge in [-0.15, -0.1) is 0 Å². The van der Waals surface area contributed by atoms with Crippen LogP contribution in [-0.4, -0.2) is 24.6 Å². The molecule has 0 spiro atoms.